The molecule has 0 N–H and O–H groups in total. The molecule has 0 fully saturated rings. The number of hydrogen-bond donors (Lipinski definition) is 0. The van der Waals surface area contributed by atoms with Gasteiger partial charge in [0.15, 0.2) is 5.82 Å². The lowest BCUT2D eigenvalue weighted by Crippen LogP contribution is -2.02. The number of rotatable bonds is 4. The number of carbonyl (C=O) groups is 1. The summed E-state index contributed by atoms with van der Waals surface area (Å²) in [5.41, 5.74) is 0.454. The molecule has 6 nitrogen and oxygen atoms in total. The summed E-state index contributed by atoms with van der Waals surface area (Å²) < 4.78 is 20.1. The lowest BCUT2D eigenvalue weighted by molar-refractivity contribution is -0.137. The molecule has 0 aliphatic carbocycles. The summed E-state index contributed by atoms with van der Waals surface area (Å²) in [6.07, 6.45) is 3.70. The van der Waals surface area contributed by atoms with Crippen molar-refractivity contribution in [2.24, 2.45) is 0 Å². The van der Waals surface area contributed by atoms with E-state index in [4.69, 9.17) is 16.3 Å². The van der Waals surface area contributed by atoms with E-state index in [9.17, 15) is 9.18 Å². The van der Waals surface area contributed by atoms with Crippen LogP contribution in [0.5, 0.6) is 0 Å². The Kier molecular flexibility index (Phi) is 4.41. The van der Waals surface area contributed by atoms with Gasteiger partial charge < -0.3 is 4.74 Å². The summed E-state index contributed by atoms with van der Waals surface area (Å²) in [6.45, 7) is 1.92. The highest BCUT2D eigenvalue weighted by Gasteiger charge is 2.13. The number of nitrogens with zero attached hydrogens (tertiary/aromatic N) is 4. The van der Waals surface area contributed by atoms with E-state index >= 15 is 0 Å². The molecule has 0 spiro atoms. The number of aromatic nitrogens is 4. The van der Waals surface area contributed by atoms with Gasteiger partial charge in [0.05, 0.1) is 17.3 Å². The third-order valence-electron chi connectivity index (χ3n) is 2.38. The molecule has 1 heterocycles. The highest BCUT2D eigenvalue weighted by molar-refractivity contribution is 6.31. The van der Waals surface area contributed by atoms with Gasteiger partial charge in [0, 0.05) is 11.6 Å². The molecule has 20 heavy (non-hydrogen) atoms. The molecule has 0 unspecified atom stereocenters. The van der Waals surface area contributed by atoms with Crippen LogP contribution in [-0.4, -0.2) is 32.8 Å². The number of halogens is 2. The second kappa shape index (κ2) is 6.25. The van der Waals surface area contributed by atoms with E-state index in [0.717, 1.165) is 6.08 Å². The van der Waals surface area contributed by atoms with Crippen LogP contribution in [0.3, 0.4) is 0 Å². The number of esters is 1. The van der Waals surface area contributed by atoms with Gasteiger partial charge in [0.25, 0.3) is 0 Å². The van der Waals surface area contributed by atoms with E-state index < -0.39 is 11.8 Å². The Labute approximate surface area is 118 Å². The lowest BCUT2D eigenvalue weighted by atomic mass is 10.1. The van der Waals surface area contributed by atoms with Crippen LogP contribution in [-0.2, 0) is 9.53 Å². The molecule has 1 aromatic carbocycles. The van der Waals surface area contributed by atoms with Crippen molar-refractivity contribution in [2.75, 3.05) is 6.61 Å². The second-order valence-corrected chi connectivity index (χ2v) is 4.04. The molecule has 0 amide bonds. The standard InChI is InChI=1S/C12H10ClFN4O2/c1-2-20-11(19)6-3-8-10(18-7-15-16-17-18)5-4-9(13)12(8)14/h3-7H,2H2,1H3/b6-3+. The van der Waals surface area contributed by atoms with E-state index in [1.165, 1.54) is 23.2 Å². The summed E-state index contributed by atoms with van der Waals surface area (Å²) >= 11 is 5.74. The van der Waals surface area contributed by atoms with Crippen LogP contribution in [0.2, 0.25) is 5.02 Å². The minimum Gasteiger partial charge on any atom is -0.463 e. The van der Waals surface area contributed by atoms with Gasteiger partial charge in [-0.2, -0.15) is 4.68 Å². The first-order valence-electron chi connectivity index (χ1n) is 5.69. The van der Waals surface area contributed by atoms with E-state index in [1.807, 2.05) is 0 Å². The molecule has 2 aromatic rings. The van der Waals surface area contributed by atoms with Crippen LogP contribution >= 0.6 is 11.6 Å². The summed E-state index contributed by atoms with van der Waals surface area (Å²) in [4.78, 5) is 11.3. The summed E-state index contributed by atoms with van der Waals surface area (Å²) in [5, 5.41) is 10.6. The topological polar surface area (TPSA) is 69.9 Å². The number of benzene rings is 1. The van der Waals surface area contributed by atoms with Crippen LogP contribution in [0.15, 0.2) is 24.5 Å². The molecular weight excluding hydrogens is 287 g/mol. The van der Waals surface area contributed by atoms with Gasteiger partial charge in [-0.05, 0) is 35.6 Å². The van der Waals surface area contributed by atoms with Crippen molar-refractivity contribution in [2.45, 2.75) is 6.92 Å². The van der Waals surface area contributed by atoms with Gasteiger partial charge in [-0.1, -0.05) is 11.6 Å². The Morgan fingerprint density at radius 1 is 1.55 bits per heavy atom. The van der Waals surface area contributed by atoms with E-state index in [2.05, 4.69) is 15.5 Å². The Balaban J connectivity index is 2.44. The molecule has 104 valence electrons. The van der Waals surface area contributed by atoms with Gasteiger partial charge in [0.2, 0.25) is 0 Å². The van der Waals surface area contributed by atoms with Gasteiger partial charge in [-0.25, -0.2) is 9.18 Å². The quantitative estimate of drug-likeness (QED) is 0.638. The first kappa shape index (κ1) is 14.1. The third-order valence-corrected chi connectivity index (χ3v) is 2.67. The van der Waals surface area contributed by atoms with Gasteiger partial charge >= 0.3 is 5.97 Å². The maximum Gasteiger partial charge on any atom is 0.330 e. The molecular formula is C12H10ClFN4O2. The van der Waals surface area contributed by atoms with Crippen molar-refractivity contribution in [3.8, 4) is 5.69 Å². The van der Waals surface area contributed by atoms with Crippen LogP contribution in [0.25, 0.3) is 11.8 Å². The van der Waals surface area contributed by atoms with Gasteiger partial charge in [-0.15, -0.1) is 5.10 Å². The zero-order valence-electron chi connectivity index (χ0n) is 10.5. The van der Waals surface area contributed by atoms with Crippen molar-refractivity contribution in [3.63, 3.8) is 0 Å². The number of ether oxygens (including phenoxy) is 1. The molecule has 0 saturated carbocycles. The monoisotopic (exact) mass is 296 g/mol. The molecule has 0 saturated heterocycles. The number of hydrogen-bond acceptors (Lipinski definition) is 5. The SMILES string of the molecule is CCOC(=O)/C=C/c1c(-n2cnnn2)ccc(Cl)c1F. The lowest BCUT2D eigenvalue weighted by Gasteiger charge is -2.07. The molecule has 0 aliphatic heterocycles. The Bertz CT molecular complexity index is 643. The zero-order valence-corrected chi connectivity index (χ0v) is 11.2. The van der Waals surface area contributed by atoms with Crippen molar-refractivity contribution in [1.29, 1.82) is 0 Å². The second-order valence-electron chi connectivity index (χ2n) is 3.63. The van der Waals surface area contributed by atoms with Crippen molar-refractivity contribution in [3.05, 3.63) is 40.9 Å². The van der Waals surface area contributed by atoms with Gasteiger partial charge in [0.1, 0.15) is 6.33 Å². The molecule has 1 aromatic heterocycles. The Hall–Kier alpha value is -2.28. The molecule has 0 atom stereocenters. The highest BCUT2D eigenvalue weighted by Crippen LogP contribution is 2.25. The number of carbonyl (C=O) groups excluding carboxylic acids is 1. The summed E-state index contributed by atoms with van der Waals surface area (Å²) in [5.74, 6) is -1.24. The normalized spacial score (nSPS) is 10.9. The summed E-state index contributed by atoms with van der Waals surface area (Å²) in [7, 11) is 0. The maximum absolute atomic E-state index is 14.1. The fourth-order valence-electron chi connectivity index (χ4n) is 1.53. The van der Waals surface area contributed by atoms with Crippen molar-refractivity contribution in [1.82, 2.24) is 20.2 Å². The van der Waals surface area contributed by atoms with E-state index in [1.54, 1.807) is 13.0 Å². The van der Waals surface area contributed by atoms with E-state index in [0.29, 0.717) is 5.69 Å². The first-order valence-corrected chi connectivity index (χ1v) is 6.07. The number of tetrazole rings is 1. The first-order chi connectivity index (χ1) is 9.63. The Morgan fingerprint density at radius 3 is 3.00 bits per heavy atom. The smallest absolute Gasteiger partial charge is 0.330 e. The highest BCUT2D eigenvalue weighted by atomic mass is 35.5. The zero-order chi connectivity index (χ0) is 14.5. The van der Waals surface area contributed by atoms with Gasteiger partial charge in [-0.3, -0.25) is 0 Å². The molecule has 0 aliphatic rings. The van der Waals surface area contributed by atoms with Crippen molar-refractivity contribution >= 4 is 23.6 Å². The van der Waals surface area contributed by atoms with Crippen LogP contribution in [0.4, 0.5) is 4.39 Å². The van der Waals surface area contributed by atoms with Crippen LogP contribution in [0, 0.1) is 5.82 Å². The van der Waals surface area contributed by atoms with E-state index in [-0.39, 0.29) is 17.2 Å². The minimum atomic E-state index is -0.666. The molecule has 0 radical (unpaired) electrons. The predicted octanol–water partition coefficient (Wildman–Crippen LogP) is 2.03. The fraction of sp³-hybridized carbons (Fsp3) is 0.167. The third kappa shape index (κ3) is 3.00. The Morgan fingerprint density at radius 2 is 2.35 bits per heavy atom. The molecule has 2 rings (SSSR count). The average Bonchev–Trinajstić information content (AvgIpc) is 2.94. The van der Waals surface area contributed by atoms with Crippen molar-refractivity contribution < 1.29 is 13.9 Å². The predicted molar refractivity (Wildman–Crippen MR) is 69.8 cm³/mol. The maximum atomic E-state index is 14.1. The average molecular weight is 297 g/mol. The largest absolute Gasteiger partial charge is 0.463 e. The molecule has 8 heteroatoms. The van der Waals surface area contributed by atoms with Crippen LogP contribution < -0.4 is 0 Å². The molecule has 0 bridgehead atoms. The fourth-order valence-corrected chi connectivity index (χ4v) is 1.69. The van der Waals surface area contributed by atoms with Crippen LogP contribution in [0.1, 0.15) is 12.5 Å². The summed E-state index contributed by atoms with van der Waals surface area (Å²) in [6, 6.07) is 2.93. The minimum absolute atomic E-state index is 0.0645.